The van der Waals surface area contributed by atoms with Crippen LogP contribution in [0, 0.1) is 0 Å². The third-order valence-electron chi connectivity index (χ3n) is 3.95. The molecule has 5 nitrogen and oxygen atoms in total. The van der Waals surface area contributed by atoms with Crippen molar-refractivity contribution < 1.29 is 9.21 Å². The standard InChI is InChI=1S/C18H14BrN3O2/c19-13-3-4-16-14(7-13)15(8-17(21-16)12-1-2-12)18(23)22-20-9-11-5-6-24-10-11/h3-10,12H,1-2H2,(H,22,23)/b20-9+. The molecule has 24 heavy (non-hydrogen) atoms. The van der Waals surface area contributed by atoms with Crippen LogP contribution in [0.2, 0.25) is 0 Å². The second-order valence-electron chi connectivity index (χ2n) is 5.79. The molecule has 0 atom stereocenters. The number of benzene rings is 1. The molecule has 2 heterocycles. The quantitative estimate of drug-likeness (QED) is 0.541. The van der Waals surface area contributed by atoms with Crippen molar-refractivity contribution in [3.8, 4) is 0 Å². The average Bonchev–Trinajstić information content (AvgIpc) is 3.31. The Morgan fingerprint density at radius 3 is 2.96 bits per heavy atom. The fraction of sp³-hybridized carbons (Fsp3) is 0.167. The number of pyridine rings is 1. The maximum atomic E-state index is 12.6. The van der Waals surface area contributed by atoms with E-state index in [2.05, 4.69) is 26.5 Å². The molecule has 0 radical (unpaired) electrons. The van der Waals surface area contributed by atoms with E-state index in [0.29, 0.717) is 11.5 Å². The zero-order valence-electron chi connectivity index (χ0n) is 12.7. The van der Waals surface area contributed by atoms with Crippen LogP contribution in [0.3, 0.4) is 0 Å². The number of carbonyl (C=O) groups excluding carboxylic acids is 1. The Bertz CT molecular complexity index is 931. The van der Waals surface area contributed by atoms with Crippen LogP contribution in [0.5, 0.6) is 0 Å². The number of hydrazone groups is 1. The van der Waals surface area contributed by atoms with E-state index in [-0.39, 0.29) is 5.91 Å². The van der Waals surface area contributed by atoms with Crippen molar-refractivity contribution in [2.45, 2.75) is 18.8 Å². The van der Waals surface area contributed by atoms with Gasteiger partial charge < -0.3 is 4.42 Å². The van der Waals surface area contributed by atoms with Crippen LogP contribution in [-0.4, -0.2) is 17.1 Å². The molecule has 3 aromatic rings. The number of furan rings is 1. The van der Waals surface area contributed by atoms with Gasteiger partial charge in [-0.25, -0.2) is 5.43 Å². The van der Waals surface area contributed by atoms with E-state index in [9.17, 15) is 4.79 Å². The highest BCUT2D eigenvalue weighted by Gasteiger charge is 2.27. The van der Waals surface area contributed by atoms with Crippen LogP contribution in [-0.2, 0) is 0 Å². The van der Waals surface area contributed by atoms with Gasteiger partial charge in [-0.3, -0.25) is 9.78 Å². The Morgan fingerprint density at radius 1 is 1.33 bits per heavy atom. The minimum Gasteiger partial charge on any atom is -0.472 e. The average molecular weight is 384 g/mol. The van der Waals surface area contributed by atoms with Gasteiger partial charge in [-0.1, -0.05) is 15.9 Å². The van der Waals surface area contributed by atoms with Crippen LogP contribution < -0.4 is 5.43 Å². The lowest BCUT2D eigenvalue weighted by Crippen LogP contribution is -2.18. The van der Waals surface area contributed by atoms with Gasteiger partial charge in [-0.2, -0.15) is 5.10 Å². The molecule has 0 aliphatic heterocycles. The summed E-state index contributed by atoms with van der Waals surface area (Å²) in [7, 11) is 0. The highest BCUT2D eigenvalue weighted by atomic mass is 79.9. The fourth-order valence-electron chi connectivity index (χ4n) is 2.57. The van der Waals surface area contributed by atoms with Crippen LogP contribution in [0.4, 0.5) is 0 Å². The number of rotatable bonds is 4. The van der Waals surface area contributed by atoms with Gasteiger partial charge in [0.15, 0.2) is 0 Å². The molecule has 4 rings (SSSR count). The maximum Gasteiger partial charge on any atom is 0.272 e. The van der Waals surface area contributed by atoms with Crippen LogP contribution >= 0.6 is 15.9 Å². The first kappa shape index (κ1) is 15.1. The van der Waals surface area contributed by atoms with E-state index in [1.54, 1.807) is 24.8 Å². The summed E-state index contributed by atoms with van der Waals surface area (Å²) < 4.78 is 5.87. The number of hydrogen-bond donors (Lipinski definition) is 1. The first-order valence-corrected chi connectivity index (χ1v) is 8.46. The molecule has 1 aliphatic rings. The third kappa shape index (κ3) is 3.10. The summed E-state index contributed by atoms with van der Waals surface area (Å²) in [6.07, 6.45) is 6.92. The second kappa shape index (κ2) is 6.20. The molecule has 2 aromatic heterocycles. The molecule has 0 spiro atoms. The van der Waals surface area contributed by atoms with Crippen LogP contribution in [0.25, 0.3) is 10.9 Å². The number of carbonyl (C=O) groups is 1. The minimum atomic E-state index is -0.248. The van der Waals surface area contributed by atoms with Gasteiger partial charge in [-0.15, -0.1) is 0 Å². The molecule has 0 unspecified atom stereocenters. The van der Waals surface area contributed by atoms with Gasteiger partial charge in [0.05, 0.1) is 29.8 Å². The van der Waals surface area contributed by atoms with Crippen molar-refractivity contribution in [2.24, 2.45) is 5.10 Å². The zero-order chi connectivity index (χ0) is 16.5. The topological polar surface area (TPSA) is 67.5 Å². The molecular weight excluding hydrogens is 370 g/mol. The van der Waals surface area contributed by atoms with Crippen molar-refractivity contribution in [1.29, 1.82) is 0 Å². The lowest BCUT2D eigenvalue weighted by Gasteiger charge is -2.08. The Balaban J connectivity index is 1.68. The molecular formula is C18H14BrN3O2. The number of fused-ring (bicyclic) bond motifs is 1. The molecule has 0 bridgehead atoms. The molecule has 6 heteroatoms. The summed E-state index contributed by atoms with van der Waals surface area (Å²) in [6.45, 7) is 0. The van der Waals surface area contributed by atoms with E-state index >= 15 is 0 Å². The van der Waals surface area contributed by atoms with Gasteiger partial charge in [0.2, 0.25) is 0 Å². The molecule has 120 valence electrons. The van der Waals surface area contributed by atoms with Crippen LogP contribution in [0.1, 0.15) is 40.4 Å². The summed E-state index contributed by atoms with van der Waals surface area (Å²) in [4.78, 5) is 17.3. The molecule has 0 saturated heterocycles. The summed E-state index contributed by atoms with van der Waals surface area (Å²) in [5, 5.41) is 4.80. The Labute approximate surface area is 146 Å². The molecule has 1 saturated carbocycles. The Kier molecular flexibility index (Phi) is 3.90. The predicted octanol–water partition coefficient (Wildman–Crippen LogP) is 4.23. The van der Waals surface area contributed by atoms with E-state index in [4.69, 9.17) is 9.40 Å². The lowest BCUT2D eigenvalue weighted by atomic mass is 10.1. The van der Waals surface area contributed by atoms with E-state index in [1.165, 1.54) is 0 Å². The number of aromatic nitrogens is 1. The van der Waals surface area contributed by atoms with Crippen molar-refractivity contribution in [3.63, 3.8) is 0 Å². The molecule has 1 aliphatic carbocycles. The number of halogens is 1. The van der Waals surface area contributed by atoms with Gasteiger partial charge in [0.25, 0.3) is 5.91 Å². The largest absolute Gasteiger partial charge is 0.472 e. The highest BCUT2D eigenvalue weighted by Crippen LogP contribution is 2.40. The molecule has 1 amide bonds. The van der Waals surface area contributed by atoms with Gasteiger partial charge >= 0.3 is 0 Å². The van der Waals surface area contributed by atoms with Crippen LogP contribution in [0.15, 0.2) is 56.8 Å². The van der Waals surface area contributed by atoms with Crippen molar-refractivity contribution in [2.75, 3.05) is 0 Å². The van der Waals surface area contributed by atoms with E-state index < -0.39 is 0 Å². The van der Waals surface area contributed by atoms with Gasteiger partial charge in [-0.05, 0) is 43.2 Å². The summed E-state index contributed by atoms with van der Waals surface area (Å²) in [5.74, 6) is 0.223. The normalized spacial score (nSPS) is 14.4. The number of nitrogens with one attached hydrogen (secondary N) is 1. The zero-order valence-corrected chi connectivity index (χ0v) is 14.3. The second-order valence-corrected chi connectivity index (χ2v) is 6.70. The highest BCUT2D eigenvalue weighted by molar-refractivity contribution is 9.10. The first-order chi connectivity index (χ1) is 11.7. The summed E-state index contributed by atoms with van der Waals surface area (Å²) in [6, 6.07) is 9.42. The number of nitrogens with zero attached hydrogens (tertiary/aromatic N) is 2. The van der Waals surface area contributed by atoms with Gasteiger partial charge in [0, 0.05) is 27.0 Å². The Morgan fingerprint density at radius 2 is 2.21 bits per heavy atom. The third-order valence-corrected chi connectivity index (χ3v) is 4.45. The SMILES string of the molecule is O=C(N/N=C/c1ccoc1)c1cc(C2CC2)nc2ccc(Br)cc12. The van der Waals surface area contributed by atoms with Crippen molar-refractivity contribution in [3.05, 3.63) is 64.2 Å². The lowest BCUT2D eigenvalue weighted by molar-refractivity contribution is 0.0956. The molecule has 1 N–H and O–H groups in total. The van der Waals surface area contributed by atoms with Gasteiger partial charge in [0.1, 0.15) is 0 Å². The first-order valence-electron chi connectivity index (χ1n) is 7.66. The predicted molar refractivity (Wildman–Crippen MR) is 95.2 cm³/mol. The number of amides is 1. The summed E-state index contributed by atoms with van der Waals surface area (Å²) in [5.41, 5.74) is 5.77. The smallest absolute Gasteiger partial charge is 0.272 e. The number of hydrogen-bond acceptors (Lipinski definition) is 4. The van der Waals surface area contributed by atoms with E-state index in [0.717, 1.165) is 39.5 Å². The molecule has 1 aromatic carbocycles. The minimum absolute atomic E-state index is 0.248. The summed E-state index contributed by atoms with van der Waals surface area (Å²) >= 11 is 3.45. The van der Waals surface area contributed by atoms with E-state index in [1.807, 2.05) is 24.3 Å². The monoisotopic (exact) mass is 383 g/mol. The van der Waals surface area contributed by atoms with Crippen molar-refractivity contribution in [1.82, 2.24) is 10.4 Å². The van der Waals surface area contributed by atoms with Crippen molar-refractivity contribution >= 4 is 39.0 Å². The maximum absolute atomic E-state index is 12.6. The Hall–Kier alpha value is -2.47. The fourth-order valence-corrected chi connectivity index (χ4v) is 2.93. The molecule has 1 fully saturated rings.